The number of likely N-dealkylation sites (tertiary alicyclic amines) is 2. The highest BCUT2D eigenvalue weighted by Gasteiger charge is 2.44. The van der Waals surface area contributed by atoms with Gasteiger partial charge in [-0.15, -0.1) is 0 Å². The molecular weight excluding hydrogens is 450 g/mol. The quantitative estimate of drug-likeness (QED) is 0.629. The molecule has 0 radical (unpaired) electrons. The number of hydrogen-bond acceptors (Lipinski definition) is 4. The van der Waals surface area contributed by atoms with Gasteiger partial charge in [0.2, 0.25) is 5.91 Å². The number of benzene rings is 2. The Morgan fingerprint density at radius 1 is 0.824 bits per heavy atom. The fourth-order valence-corrected chi connectivity index (χ4v) is 5.85. The number of aryl methyl sites for hydroxylation is 1. The Morgan fingerprint density at radius 3 is 2.09 bits per heavy atom. The van der Waals surface area contributed by atoms with E-state index in [0.717, 1.165) is 48.4 Å². The lowest BCUT2D eigenvalue weighted by atomic mass is 9.89. The van der Waals surface area contributed by atoms with E-state index >= 15 is 0 Å². The third kappa shape index (κ3) is 3.88. The smallest absolute Gasteiger partial charge is 0.253 e. The number of carbonyl (C=O) groups excluding carboxylic acids is 2. The lowest BCUT2D eigenvalue weighted by molar-refractivity contribution is -0.135. The van der Waals surface area contributed by atoms with E-state index in [1.807, 2.05) is 58.3 Å². The summed E-state index contributed by atoms with van der Waals surface area (Å²) in [5.74, 6) is 1.01. The number of nitrogens with zero attached hydrogens (tertiary/aromatic N) is 4. The summed E-state index contributed by atoms with van der Waals surface area (Å²) < 4.78 is 0. The summed E-state index contributed by atoms with van der Waals surface area (Å²) in [5, 5.41) is 11.7. The van der Waals surface area contributed by atoms with Crippen molar-refractivity contribution in [1.82, 2.24) is 25.2 Å². The Bertz CT molecular complexity index is 1210. The zero-order valence-corrected chi connectivity index (χ0v) is 19.5. The number of fused-ring (bicyclic) bond motifs is 2. The SMILES string of the molecule is O=C(c1ccc(-c2ccc(Cl)cc2)cc1)N1C[C@@H]2CN(C(=O)[C@@H]3CCc4n[nH]nc4C3)C[C@H]2C1. The van der Waals surface area contributed by atoms with Gasteiger partial charge in [-0.2, -0.15) is 15.4 Å². The minimum absolute atomic E-state index is 0.00619. The predicted octanol–water partition coefficient (Wildman–Crippen LogP) is 3.46. The molecule has 34 heavy (non-hydrogen) atoms. The van der Waals surface area contributed by atoms with E-state index in [2.05, 4.69) is 15.4 Å². The maximum Gasteiger partial charge on any atom is 0.253 e. The van der Waals surface area contributed by atoms with Crippen molar-refractivity contribution in [2.75, 3.05) is 26.2 Å². The number of aromatic amines is 1. The second-order valence-electron chi connectivity index (χ2n) is 9.71. The molecule has 2 fully saturated rings. The first kappa shape index (κ1) is 21.4. The summed E-state index contributed by atoms with van der Waals surface area (Å²) in [4.78, 5) is 30.3. The van der Waals surface area contributed by atoms with Crippen molar-refractivity contribution in [3.05, 3.63) is 70.5 Å². The molecule has 2 saturated heterocycles. The molecule has 1 N–H and O–H groups in total. The predicted molar refractivity (Wildman–Crippen MR) is 128 cm³/mol. The fraction of sp³-hybridized carbons (Fsp3) is 0.385. The van der Waals surface area contributed by atoms with E-state index in [1.165, 1.54) is 0 Å². The van der Waals surface area contributed by atoms with Gasteiger partial charge in [-0.05, 0) is 48.2 Å². The first-order valence-corrected chi connectivity index (χ1v) is 12.3. The molecule has 1 aliphatic carbocycles. The molecule has 0 bridgehead atoms. The molecule has 2 aromatic carbocycles. The van der Waals surface area contributed by atoms with Crippen molar-refractivity contribution in [2.45, 2.75) is 19.3 Å². The van der Waals surface area contributed by atoms with Crippen LogP contribution in [-0.2, 0) is 17.6 Å². The van der Waals surface area contributed by atoms with Gasteiger partial charge in [0.25, 0.3) is 5.91 Å². The van der Waals surface area contributed by atoms with Crippen LogP contribution < -0.4 is 0 Å². The molecule has 2 amide bonds. The van der Waals surface area contributed by atoms with Crippen molar-refractivity contribution in [1.29, 1.82) is 0 Å². The number of rotatable bonds is 3. The number of H-pyrrole nitrogens is 1. The summed E-state index contributed by atoms with van der Waals surface area (Å²) in [5.41, 5.74) is 4.76. The van der Waals surface area contributed by atoms with Crippen molar-refractivity contribution < 1.29 is 9.59 Å². The van der Waals surface area contributed by atoms with Crippen molar-refractivity contribution in [3.63, 3.8) is 0 Å². The van der Waals surface area contributed by atoms with Gasteiger partial charge in [0.05, 0.1) is 11.4 Å². The van der Waals surface area contributed by atoms with Gasteiger partial charge in [-0.25, -0.2) is 0 Å². The van der Waals surface area contributed by atoms with Crippen LogP contribution in [0.5, 0.6) is 0 Å². The molecule has 0 saturated carbocycles. The second kappa shape index (κ2) is 8.55. The maximum absolute atomic E-state index is 13.1. The third-order valence-electron chi connectivity index (χ3n) is 7.62. The van der Waals surface area contributed by atoms with Gasteiger partial charge in [0.15, 0.2) is 0 Å². The van der Waals surface area contributed by atoms with E-state index in [1.54, 1.807) is 0 Å². The van der Waals surface area contributed by atoms with Crippen molar-refractivity contribution in [2.24, 2.45) is 17.8 Å². The highest BCUT2D eigenvalue weighted by atomic mass is 35.5. The average Bonchev–Trinajstić information content (AvgIpc) is 3.58. The van der Waals surface area contributed by atoms with Gasteiger partial charge in [-0.1, -0.05) is 35.9 Å². The van der Waals surface area contributed by atoms with E-state index in [4.69, 9.17) is 11.6 Å². The normalized spacial score (nSPS) is 23.6. The van der Waals surface area contributed by atoms with Gasteiger partial charge < -0.3 is 9.80 Å². The number of halogens is 1. The number of amides is 2. The summed E-state index contributed by atoms with van der Waals surface area (Å²) in [7, 11) is 0. The Labute approximate surface area is 203 Å². The largest absolute Gasteiger partial charge is 0.342 e. The van der Waals surface area contributed by atoms with Crippen molar-refractivity contribution in [3.8, 4) is 11.1 Å². The first-order valence-electron chi connectivity index (χ1n) is 11.9. The van der Waals surface area contributed by atoms with E-state index in [9.17, 15) is 9.59 Å². The first-order chi connectivity index (χ1) is 16.5. The van der Waals surface area contributed by atoms with Gasteiger partial charge in [0, 0.05) is 60.9 Å². The summed E-state index contributed by atoms with van der Waals surface area (Å²) in [6.07, 6.45) is 2.32. The highest BCUT2D eigenvalue weighted by molar-refractivity contribution is 6.30. The van der Waals surface area contributed by atoms with E-state index in [0.29, 0.717) is 41.9 Å². The molecule has 1 aromatic heterocycles. The highest BCUT2D eigenvalue weighted by Crippen LogP contribution is 2.34. The number of nitrogens with one attached hydrogen (secondary N) is 1. The molecule has 7 nitrogen and oxygen atoms in total. The summed E-state index contributed by atoms with van der Waals surface area (Å²) in [6.45, 7) is 2.91. The molecule has 3 aliphatic rings. The van der Waals surface area contributed by atoms with Gasteiger partial charge in [0.1, 0.15) is 0 Å². The fourth-order valence-electron chi connectivity index (χ4n) is 5.72. The van der Waals surface area contributed by atoms with Crippen LogP contribution >= 0.6 is 11.6 Å². The standard InChI is InChI=1S/C26H26ClN5O2/c27-22-8-5-17(6-9-22)16-1-3-18(4-2-16)25(33)31-12-20-14-32(15-21(20)13-31)26(34)19-7-10-23-24(11-19)29-30-28-23/h1-6,8-9,19-21H,7,10-15H2,(H,28,29,30)/t19-,20-,21-/m1/s1. The average molecular weight is 476 g/mol. The molecule has 6 rings (SSSR count). The van der Waals surface area contributed by atoms with E-state index in [-0.39, 0.29) is 17.7 Å². The number of aromatic nitrogens is 3. The molecule has 3 atom stereocenters. The van der Waals surface area contributed by atoms with Gasteiger partial charge in [-0.3, -0.25) is 9.59 Å². The Hall–Kier alpha value is -3.19. The zero-order valence-electron chi connectivity index (χ0n) is 18.8. The summed E-state index contributed by atoms with van der Waals surface area (Å²) >= 11 is 5.98. The number of carbonyl (C=O) groups is 2. The van der Waals surface area contributed by atoms with E-state index < -0.39 is 0 Å². The zero-order chi connectivity index (χ0) is 23.2. The Morgan fingerprint density at radius 2 is 1.41 bits per heavy atom. The van der Waals surface area contributed by atoms with Gasteiger partial charge >= 0.3 is 0 Å². The van der Waals surface area contributed by atoms with Crippen LogP contribution in [0.2, 0.25) is 5.02 Å². The molecular formula is C26H26ClN5O2. The minimum atomic E-state index is -0.00619. The molecule has 0 spiro atoms. The lowest BCUT2D eigenvalue weighted by Gasteiger charge is -2.27. The molecule has 174 valence electrons. The van der Waals surface area contributed by atoms with Crippen LogP contribution in [0.25, 0.3) is 11.1 Å². The monoisotopic (exact) mass is 475 g/mol. The van der Waals surface area contributed by atoms with Crippen LogP contribution in [0, 0.1) is 17.8 Å². The summed E-state index contributed by atoms with van der Waals surface area (Å²) in [6, 6.07) is 15.5. The second-order valence-corrected chi connectivity index (χ2v) is 10.2. The van der Waals surface area contributed by atoms with Crippen LogP contribution in [-0.4, -0.2) is 63.2 Å². The van der Waals surface area contributed by atoms with Crippen LogP contribution in [0.15, 0.2) is 48.5 Å². The molecule has 8 heteroatoms. The van der Waals surface area contributed by atoms with Crippen LogP contribution in [0.4, 0.5) is 0 Å². The minimum Gasteiger partial charge on any atom is -0.342 e. The Balaban J connectivity index is 1.06. The maximum atomic E-state index is 13.1. The molecule has 3 heterocycles. The Kier molecular flexibility index (Phi) is 5.37. The topological polar surface area (TPSA) is 82.2 Å². The van der Waals surface area contributed by atoms with Crippen LogP contribution in [0.3, 0.4) is 0 Å². The van der Waals surface area contributed by atoms with Crippen molar-refractivity contribution >= 4 is 23.4 Å². The molecule has 2 aliphatic heterocycles. The molecule has 3 aromatic rings. The number of hydrogen-bond donors (Lipinski definition) is 1. The lowest BCUT2D eigenvalue weighted by Crippen LogP contribution is -2.40. The van der Waals surface area contributed by atoms with Crippen LogP contribution in [0.1, 0.15) is 28.2 Å². The third-order valence-corrected chi connectivity index (χ3v) is 7.87. The molecule has 0 unspecified atom stereocenters.